The van der Waals surface area contributed by atoms with E-state index >= 15 is 0 Å². The fraction of sp³-hybridized carbons (Fsp3) is 0.120. The second kappa shape index (κ2) is 9.19. The minimum atomic E-state index is -1.73. The molecule has 1 heteroatoms. The summed E-state index contributed by atoms with van der Waals surface area (Å²) in [7, 11) is -1.73. The molecule has 0 fully saturated rings. The van der Waals surface area contributed by atoms with Gasteiger partial charge in [-0.1, -0.05) is 72.5 Å². The SMILES string of the molecule is C/C=C\C#CCC[P+](c1ccccc1)(c1ccccc1)c1ccccc1. The first-order valence-corrected chi connectivity index (χ1v) is 11.0. The van der Waals surface area contributed by atoms with Crippen molar-refractivity contribution in [2.75, 3.05) is 6.16 Å². The fourth-order valence-electron chi connectivity index (χ4n) is 3.32. The molecular weight excluding hydrogens is 331 g/mol. The Labute approximate surface area is 157 Å². The van der Waals surface area contributed by atoms with Crippen molar-refractivity contribution in [2.24, 2.45) is 0 Å². The van der Waals surface area contributed by atoms with Crippen LogP contribution in [0.5, 0.6) is 0 Å². The Balaban J connectivity index is 2.16. The van der Waals surface area contributed by atoms with E-state index in [0.717, 1.165) is 12.6 Å². The molecule has 26 heavy (non-hydrogen) atoms. The Hall–Kier alpha value is -2.61. The maximum absolute atomic E-state index is 3.34. The summed E-state index contributed by atoms with van der Waals surface area (Å²) >= 11 is 0. The molecule has 0 heterocycles. The Morgan fingerprint density at radius 2 is 1.12 bits per heavy atom. The molecule has 0 aliphatic heterocycles. The summed E-state index contributed by atoms with van der Waals surface area (Å²) in [4.78, 5) is 0. The van der Waals surface area contributed by atoms with Gasteiger partial charge in [-0.2, -0.15) is 0 Å². The van der Waals surface area contributed by atoms with Gasteiger partial charge in [0.1, 0.15) is 23.2 Å². The lowest BCUT2D eigenvalue weighted by Crippen LogP contribution is -2.33. The highest BCUT2D eigenvalue weighted by Gasteiger charge is 2.44. The van der Waals surface area contributed by atoms with Crippen LogP contribution in [0.25, 0.3) is 0 Å². The Morgan fingerprint density at radius 3 is 1.50 bits per heavy atom. The number of benzene rings is 3. The van der Waals surface area contributed by atoms with Crippen LogP contribution in [0.4, 0.5) is 0 Å². The first-order valence-electron chi connectivity index (χ1n) is 9.02. The van der Waals surface area contributed by atoms with Crippen molar-refractivity contribution in [3.05, 3.63) is 103 Å². The largest absolute Gasteiger partial charge is 0.113 e. The minimum absolute atomic E-state index is 0.886. The van der Waals surface area contributed by atoms with Gasteiger partial charge in [0.15, 0.2) is 0 Å². The number of allylic oxidation sites excluding steroid dienone is 2. The van der Waals surface area contributed by atoms with Crippen LogP contribution < -0.4 is 15.9 Å². The molecule has 0 aliphatic rings. The van der Waals surface area contributed by atoms with E-state index in [9.17, 15) is 0 Å². The van der Waals surface area contributed by atoms with Crippen LogP contribution in [-0.2, 0) is 0 Å². The lowest BCUT2D eigenvalue weighted by molar-refractivity contribution is 1.28. The predicted octanol–water partition coefficient (Wildman–Crippen LogP) is 4.95. The summed E-state index contributed by atoms with van der Waals surface area (Å²) < 4.78 is 0. The molecule has 0 nitrogen and oxygen atoms in total. The van der Waals surface area contributed by atoms with E-state index in [-0.39, 0.29) is 0 Å². The molecule has 0 saturated carbocycles. The molecule has 128 valence electrons. The standard InChI is InChI=1S/C25H24P/c1-2-3-4-5-15-22-26(23-16-9-6-10-17-23,24-18-11-7-12-19-24)25-20-13-8-14-21-25/h2-3,6-14,16-21H,15,22H2,1H3/q+1/b3-2-. The van der Waals surface area contributed by atoms with Gasteiger partial charge >= 0.3 is 0 Å². The van der Waals surface area contributed by atoms with Gasteiger partial charge in [0.2, 0.25) is 0 Å². The third kappa shape index (κ3) is 3.96. The van der Waals surface area contributed by atoms with Crippen LogP contribution in [-0.4, -0.2) is 6.16 Å². The molecular formula is C25H24P+. The zero-order chi connectivity index (χ0) is 18.1. The van der Waals surface area contributed by atoms with Crippen molar-refractivity contribution in [1.82, 2.24) is 0 Å². The van der Waals surface area contributed by atoms with Gasteiger partial charge in [0.25, 0.3) is 0 Å². The van der Waals surface area contributed by atoms with Crippen LogP contribution in [0.15, 0.2) is 103 Å². The molecule has 0 spiro atoms. The summed E-state index contributed by atoms with van der Waals surface area (Å²) in [6.07, 6.45) is 5.85. The summed E-state index contributed by atoms with van der Waals surface area (Å²) in [5.41, 5.74) is 0. The zero-order valence-electron chi connectivity index (χ0n) is 15.2. The lowest BCUT2D eigenvalue weighted by Gasteiger charge is -2.27. The van der Waals surface area contributed by atoms with Crippen LogP contribution in [0.2, 0.25) is 0 Å². The van der Waals surface area contributed by atoms with Gasteiger partial charge in [-0.05, 0) is 49.4 Å². The molecule has 3 aromatic carbocycles. The molecule has 0 radical (unpaired) electrons. The molecule has 0 atom stereocenters. The van der Waals surface area contributed by atoms with Gasteiger partial charge in [0, 0.05) is 6.42 Å². The summed E-state index contributed by atoms with van der Waals surface area (Å²) in [5.74, 6) is 6.49. The monoisotopic (exact) mass is 355 g/mol. The van der Waals surface area contributed by atoms with Gasteiger partial charge in [-0.25, -0.2) is 0 Å². The van der Waals surface area contributed by atoms with Gasteiger partial charge in [-0.15, -0.1) is 0 Å². The molecule has 3 rings (SSSR count). The van der Waals surface area contributed by atoms with Crippen LogP contribution in [0, 0.1) is 11.8 Å². The Morgan fingerprint density at radius 1 is 0.692 bits per heavy atom. The molecule has 0 amide bonds. The highest BCUT2D eigenvalue weighted by Crippen LogP contribution is 2.55. The summed E-state index contributed by atoms with van der Waals surface area (Å²) in [5, 5.41) is 4.26. The van der Waals surface area contributed by atoms with E-state index in [1.165, 1.54) is 15.9 Å². The van der Waals surface area contributed by atoms with Gasteiger partial charge in [0.05, 0.1) is 6.16 Å². The molecule has 3 aromatic rings. The highest BCUT2D eigenvalue weighted by atomic mass is 31.2. The average Bonchev–Trinajstić information content (AvgIpc) is 2.73. The molecule has 0 saturated heterocycles. The van der Waals surface area contributed by atoms with E-state index in [4.69, 9.17) is 0 Å². The van der Waals surface area contributed by atoms with E-state index < -0.39 is 7.26 Å². The molecule has 0 aliphatic carbocycles. The third-order valence-electron chi connectivity index (χ3n) is 4.52. The number of hydrogen-bond donors (Lipinski definition) is 0. The third-order valence-corrected chi connectivity index (χ3v) is 8.95. The first kappa shape index (κ1) is 18.2. The quantitative estimate of drug-likeness (QED) is 0.449. The van der Waals surface area contributed by atoms with Crippen molar-refractivity contribution in [3.8, 4) is 11.8 Å². The topological polar surface area (TPSA) is 0 Å². The van der Waals surface area contributed by atoms with Gasteiger partial charge < -0.3 is 0 Å². The van der Waals surface area contributed by atoms with Crippen molar-refractivity contribution in [3.63, 3.8) is 0 Å². The van der Waals surface area contributed by atoms with E-state index in [1.807, 2.05) is 19.1 Å². The second-order valence-corrected chi connectivity index (χ2v) is 9.73. The second-order valence-electron chi connectivity index (χ2n) is 6.11. The van der Waals surface area contributed by atoms with Crippen molar-refractivity contribution in [1.29, 1.82) is 0 Å². The number of rotatable bonds is 5. The number of hydrogen-bond acceptors (Lipinski definition) is 0. The smallest absolute Gasteiger partial charge is 0.0947 e. The highest BCUT2D eigenvalue weighted by molar-refractivity contribution is 7.95. The van der Waals surface area contributed by atoms with E-state index in [1.54, 1.807) is 0 Å². The zero-order valence-corrected chi connectivity index (χ0v) is 16.1. The maximum Gasteiger partial charge on any atom is 0.113 e. The van der Waals surface area contributed by atoms with E-state index in [2.05, 4.69) is 103 Å². The normalized spacial score (nSPS) is 11.1. The average molecular weight is 355 g/mol. The van der Waals surface area contributed by atoms with Crippen LogP contribution in [0.3, 0.4) is 0 Å². The van der Waals surface area contributed by atoms with Crippen LogP contribution >= 0.6 is 7.26 Å². The van der Waals surface area contributed by atoms with E-state index in [0.29, 0.717) is 0 Å². The maximum atomic E-state index is 3.34. The van der Waals surface area contributed by atoms with Gasteiger partial charge in [-0.3, -0.25) is 0 Å². The van der Waals surface area contributed by atoms with Crippen LogP contribution in [0.1, 0.15) is 13.3 Å². The fourth-order valence-corrected chi connectivity index (χ4v) is 7.48. The predicted molar refractivity (Wildman–Crippen MR) is 117 cm³/mol. The molecule has 0 bridgehead atoms. The molecule has 0 unspecified atom stereocenters. The van der Waals surface area contributed by atoms with Crippen molar-refractivity contribution >= 4 is 23.2 Å². The van der Waals surface area contributed by atoms with Crippen molar-refractivity contribution in [2.45, 2.75) is 13.3 Å². The Kier molecular flexibility index (Phi) is 6.43. The Bertz CT molecular complexity index is 788. The lowest BCUT2D eigenvalue weighted by atomic mass is 10.3. The first-order chi connectivity index (χ1) is 12.9. The minimum Gasteiger partial charge on any atom is -0.0947 e. The molecule has 0 aromatic heterocycles. The summed E-state index contributed by atoms with van der Waals surface area (Å²) in [6.45, 7) is 2.00. The van der Waals surface area contributed by atoms with Crippen molar-refractivity contribution < 1.29 is 0 Å². The molecule has 0 N–H and O–H groups in total. The summed E-state index contributed by atoms with van der Waals surface area (Å²) in [6, 6.07) is 32.9.